The summed E-state index contributed by atoms with van der Waals surface area (Å²) in [6.07, 6.45) is 3.72. The number of aryl methyl sites for hydroxylation is 1. The molecule has 1 unspecified atom stereocenters. The first-order valence-corrected chi connectivity index (χ1v) is 13.8. The summed E-state index contributed by atoms with van der Waals surface area (Å²) < 4.78 is 9.00. The minimum atomic E-state index is -0.212. The van der Waals surface area contributed by atoms with Crippen molar-refractivity contribution in [2.45, 2.75) is 25.8 Å². The molecule has 1 aliphatic heterocycles. The van der Waals surface area contributed by atoms with Crippen LogP contribution in [0.2, 0.25) is 5.02 Å². The van der Waals surface area contributed by atoms with Gasteiger partial charge in [0, 0.05) is 10.6 Å². The lowest BCUT2D eigenvalue weighted by Crippen LogP contribution is -2.38. The predicted molar refractivity (Wildman–Crippen MR) is 150 cm³/mol. The van der Waals surface area contributed by atoms with Gasteiger partial charge in [0.2, 0.25) is 0 Å². The van der Waals surface area contributed by atoms with Crippen molar-refractivity contribution in [3.63, 3.8) is 0 Å². The molecule has 36 heavy (non-hydrogen) atoms. The third-order valence-electron chi connectivity index (χ3n) is 6.61. The third-order valence-corrected chi connectivity index (χ3v) is 8.47. The molecule has 0 radical (unpaired) electrons. The van der Waals surface area contributed by atoms with Crippen LogP contribution in [-0.2, 0) is 6.42 Å². The average molecular weight is 578 g/mol. The Morgan fingerprint density at radius 1 is 1.14 bits per heavy atom. The molecule has 4 nitrogen and oxygen atoms in total. The van der Waals surface area contributed by atoms with E-state index >= 15 is 0 Å². The zero-order chi connectivity index (χ0) is 24.8. The van der Waals surface area contributed by atoms with Crippen LogP contribution < -0.4 is 19.6 Å². The zero-order valence-corrected chi connectivity index (χ0v) is 22.7. The Morgan fingerprint density at radius 3 is 2.72 bits per heavy atom. The Kier molecular flexibility index (Phi) is 6.20. The van der Waals surface area contributed by atoms with Crippen molar-refractivity contribution in [3.05, 3.63) is 124 Å². The highest BCUT2D eigenvalue weighted by atomic mass is 79.9. The molecule has 0 amide bonds. The van der Waals surface area contributed by atoms with Crippen LogP contribution in [0.1, 0.15) is 41.6 Å². The number of ether oxygens (including phenoxy) is 1. The fourth-order valence-corrected chi connectivity index (χ4v) is 6.64. The molecule has 3 aromatic carbocycles. The van der Waals surface area contributed by atoms with Gasteiger partial charge in [-0.3, -0.25) is 9.36 Å². The highest BCUT2D eigenvalue weighted by Gasteiger charge is 2.32. The molecule has 180 valence electrons. The summed E-state index contributed by atoms with van der Waals surface area (Å²) >= 11 is 11.2. The normalized spacial score (nSPS) is 16.8. The SMILES string of the molecule is CCOc1ccc(/C=c2/sc3n(c2=O)C(c2ccc(Cl)cc2)C2=C(N=3)c3ccccc3CC2)cc1Br. The lowest BCUT2D eigenvalue weighted by Gasteiger charge is -2.30. The van der Waals surface area contributed by atoms with Crippen LogP contribution in [0.5, 0.6) is 5.75 Å². The number of fused-ring (bicyclic) bond motifs is 3. The van der Waals surface area contributed by atoms with Gasteiger partial charge in [-0.1, -0.05) is 65.4 Å². The number of nitrogens with zero attached hydrogens (tertiary/aromatic N) is 2. The fraction of sp³-hybridized carbons (Fsp3) is 0.172. The second kappa shape index (κ2) is 9.51. The molecule has 4 aromatic rings. The van der Waals surface area contributed by atoms with Crippen LogP contribution in [0.25, 0.3) is 11.8 Å². The van der Waals surface area contributed by atoms with Gasteiger partial charge in [-0.25, -0.2) is 4.99 Å². The number of hydrogen-bond acceptors (Lipinski definition) is 4. The number of allylic oxidation sites excluding steroid dienone is 1. The van der Waals surface area contributed by atoms with Crippen molar-refractivity contribution in [1.82, 2.24) is 4.57 Å². The van der Waals surface area contributed by atoms with Crippen molar-refractivity contribution in [1.29, 1.82) is 0 Å². The number of thiazole rings is 1. The van der Waals surface area contributed by atoms with Crippen LogP contribution in [-0.4, -0.2) is 11.2 Å². The molecule has 0 N–H and O–H groups in total. The van der Waals surface area contributed by atoms with E-state index in [4.69, 9.17) is 21.3 Å². The summed E-state index contributed by atoms with van der Waals surface area (Å²) in [6.45, 7) is 2.55. The van der Waals surface area contributed by atoms with Crippen molar-refractivity contribution in [2.75, 3.05) is 6.61 Å². The van der Waals surface area contributed by atoms with Crippen molar-refractivity contribution >= 4 is 50.6 Å². The van der Waals surface area contributed by atoms with Gasteiger partial charge >= 0.3 is 0 Å². The zero-order valence-electron chi connectivity index (χ0n) is 19.5. The Morgan fingerprint density at radius 2 is 1.94 bits per heavy atom. The Hall–Kier alpha value is -2.93. The maximum atomic E-state index is 13.8. The number of rotatable bonds is 4. The fourth-order valence-electron chi connectivity index (χ4n) is 5.00. The van der Waals surface area contributed by atoms with E-state index in [2.05, 4.69) is 40.2 Å². The van der Waals surface area contributed by atoms with E-state index in [-0.39, 0.29) is 11.6 Å². The van der Waals surface area contributed by atoms with E-state index in [0.717, 1.165) is 45.5 Å². The number of benzene rings is 3. The van der Waals surface area contributed by atoms with Crippen molar-refractivity contribution in [2.24, 2.45) is 4.99 Å². The molecule has 2 heterocycles. The largest absolute Gasteiger partial charge is 0.493 e. The average Bonchev–Trinajstić information content (AvgIpc) is 3.19. The second-order valence-corrected chi connectivity index (χ2v) is 11.1. The second-order valence-electron chi connectivity index (χ2n) is 8.79. The van der Waals surface area contributed by atoms with Gasteiger partial charge < -0.3 is 4.74 Å². The maximum Gasteiger partial charge on any atom is 0.271 e. The van der Waals surface area contributed by atoms with E-state index < -0.39 is 0 Å². The Bertz CT molecular complexity index is 1700. The summed E-state index contributed by atoms with van der Waals surface area (Å²) in [4.78, 5) is 19.6. The van der Waals surface area contributed by atoms with Gasteiger partial charge in [-0.05, 0) is 88.3 Å². The molecule has 1 atom stereocenters. The topological polar surface area (TPSA) is 43.6 Å². The molecule has 0 bridgehead atoms. The molecular formula is C29H22BrClN2O2S. The first kappa shape index (κ1) is 23.5. The summed E-state index contributed by atoms with van der Waals surface area (Å²) in [5, 5.41) is 0.676. The summed E-state index contributed by atoms with van der Waals surface area (Å²) in [5.74, 6) is 0.783. The number of halogens is 2. The highest BCUT2D eigenvalue weighted by Crippen LogP contribution is 2.41. The van der Waals surface area contributed by atoms with Crippen LogP contribution >= 0.6 is 38.9 Å². The summed E-state index contributed by atoms with van der Waals surface area (Å²) in [7, 11) is 0. The van der Waals surface area contributed by atoms with Gasteiger partial charge in [0.1, 0.15) is 5.75 Å². The molecule has 6 rings (SSSR count). The van der Waals surface area contributed by atoms with Crippen LogP contribution in [0.4, 0.5) is 0 Å². The van der Waals surface area contributed by atoms with Crippen LogP contribution in [0.15, 0.2) is 86.6 Å². The summed E-state index contributed by atoms with van der Waals surface area (Å²) in [6, 6.07) is 21.9. The Balaban J connectivity index is 1.56. The minimum absolute atomic E-state index is 0.0332. The number of aromatic nitrogens is 1. The maximum absolute atomic E-state index is 13.8. The lowest BCUT2D eigenvalue weighted by molar-refractivity contribution is 0.338. The molecule has 2 aliphatic rings. The van der Waals surface area contributed by atoms with E-state index in [1.165, 1.54) is 22.5 Å². The monoisotopic (exact) mass is 576 g/mol. The van der Waals surface area contributed by atoms with Crippen LogP contribution in [0.3, 0.4) is 0 Å². The molecule has 1 aromatic heterocycles. The highest BCUT2D eigenvalue weighted by molar-refractivity contribution is 9.10. The molecule has 0 saturated heterocycles. The van der Waals surface area contributed by atoms with Gasteiger partial charge in [0.15, 0.2) is 4.80 Å². The van der Waals surface area contributed by atoms with Crippen molar-refractivity contribution in [3.8, 4) is 5.75 Å². The van der Waals surface area contributed by atoms with Gasteiger partial charge in [-0.2, -0.15) is 0 Å². The summed E-state index contributed by atoms with van der Waals surface area (Å²) in [5.41, 5.74) is 6.56. The smallest absolute Gasteiger partial charge is 0.271 e. The third kappa shape index (κ3) is 4.07. The Labute approximate surface area is 226 Å². The van der Waals surface area contributed by atoms with E-state index in [1.54, 1.807) is 0 Å². The quantitative estimate of drug-likeness (QED) is 0.293. The van der Waals surface area contributed by atoms with Gasteiger partial charge in [-0.15, -0.1) is 0 Å². The van der Waals surface area contributed by atoms with E-state index in [0.29, 0.717) is 21.0 Å². The minimum Gasteiger partial charge on any atom is -0.493 e. The first-order chi connectivity index (χ1) is 17.5. The number of hydrogen-bond donors (Lipinski definition) is 0. The predicted octanol–water partition coefficient (Wildman–Crippen LogP) is 6.13. The molecule has 7 heteroatoms. The molecular weight excluding hydrogens is 556 g/mol. The first-order valence-electron chi connectivity index (χ1n) is 11.8. The molecule has 0 fully saturated rings. The molecule has 1 aliphatic carbocycles. The lowest BCUT2D eigenvalue weighted by atomic mass is 9.83. The van der Waals surface area contributed by atoms with E-state index in [9.17, 15) is 4.79 Å². The molecule has 0 saturated carbocycles. The van der Waals surface area contributed by atoms with Crippen molar-refractivity contribution < 1.29 is 4.74 Å². The van der Waals surface area contributed by atoms with Crippen LogP contribution in [0, 0.1) is 0 Å². The standard InChI is InChI=1S/C29H22BrClN2O2S/c1-2-35-24-14-7-17(15-23(24)30)16-25-28(34)33-27(19-8-11-20(31)12-9-19)22-13-10-18-5-3-4-6-21(18)26(22)32-29(33)36-25/h3-9,11-12,14-16,27H,2,10,13H2,1H3/b25-16+. The van der Waals surface area contributed by atoms with Gasteiger partial charge in [0.05, 0.1) is 27.4 Å². The molecule has 0 spiro atoms. The van der Waals surface area contributed by atoms with Gasteiger partial charge in [0.25, 0.3) is 5.56 Å². The van der Waals surface area contributed by atoms with E-state index in [1.807, 2.05) is 60.0 Å².